The lowest BCUT2D eigenvalue weighted by atomic mass is 10.1. The van der Waals surface area contributed by atoms with E-state index in [1.807, 2.05) is 0 Å². The Kier molecular flexibility index (Phi) is 16.6. The van der Waals surface area contributed by atoms with Crippen LogP contribution in [0, 0.1) is 13.8 Å². The highest BCUT2D eigenvalue weighted by atomic mass is 35.5. The molecule has 0 fully saturated rings. The van der Waals surface area contributed by atoms with E-state index in [2.05, 4.69) is 71.6 Å². The molecule has 2 aromatic heterocycles. The maximum atomic E-state index is 12.8. The van der Waals surface area contributed by atoms with Crippen molar-refractivity contribution in [3.8, 4) is 5.75 Å². The summed E-state index contributed by atoms with van der Waals surface area (Å²) >= 11 is 12.2. The average Bonchev–Trinajstić information content (AvgIpc) is 1.00. The van der Waals surface area contributed by atoms with Crippen LogP contribution in [-0.2, 0) is 60.7 Å². The van der Waals surface area contributed by atoms with Crippen molar-refractivity contribution in [2.45, 2.75) is 43.2 Å². The molecule has 0 atom stereocenters. The van der Waals surface area contributed by atoms with Gasteiger partial charge in [0, 0.05) is 22.7 Å². The highest BCUT2D eigenvalue weighted by molar-refractivity contribution is 7.87. The summed E-state index contributed by atoms with van der Waals surface area (Å²) in [6.45, 7) is 3.14. The van der Waals surface area contributed by atoms with Crippen molar-refractivity contribution in [2.24, 2.45) is 20.5 Å². The molecule has 2 heterocycles. The minimum Gasteiger partial charge on any atom is -0.505 e. The second kappa shape index (κ2) is 22.7. The van der Waals surface area contributed by atoms with E-state index in [9.17, 15) is 82.9 Å². The monoisotopic (exact) mass is 1310 g/mol. The SMILES string of the molecule is Cc1ccc(S(=O)(=O)O)cc1Nc1nc(Cl)nc(Nc2ccc(N=Nc3c(S(=O)(=O)O)cc4cc(S(=O)(=O)O)c(N=Nc5ccc(Nc6nc(Cl)nc(Nc7cc(S(=O)(=O)O)ccc7C)n6)cc5S(=O)(=O)O)c(O)c4c3N)c(S(=O)(=O)O)c2)n1. The summed E-state index contributed by atoms with van der Waals surface area (Å²) < 4.78 is 209. The number of hydrogen-bond donors (Lipinski definition) is 12. The van der Waals surface area contributed by atoms with Crippen LogP contribution in [0.3, 0.4) is 0 Å². The Labute approximate surface area is 482 Å². The zero-order valence-corrected chi connectivity index (χ0v) is 47.8. The molecule has 42 heteroatoms. The van der Waals surface area contributed by atoms with Crippen LogP contribution in [0.4, 0.5) is 75.0 Å². The van der Waals surface area contributed by atoms with Gasteiger partial charge in [0.25, 0.3) is 60.7 Å². The summed E-state index contributed by atoms with van der Waals surface area (Å²) in [5, 5.41) is 34.6. The summed E-state index contributed by atoms with van der Waals surface area (Å²) in [4.78, 5) is 18.0. The zero-order valence-electron chi connectivity index (χ0n) is 41.4. The van der Waals surface area contributed by atoms with E-state index in [1.165, 1.54) is 12.1 Å². The van der Waals surface area contributed by atoms with E-state index in [-0.39, 0.29) is 46.5 Å². The number of nitrogens with one attached hydrogen (secondary N) is 4. The van der Waals surface area contributed by atoms with E-state index >= 15 is 0 Å². The van der Waals surface area contributed by atoms with Crippen LogP contribution in [0.1, 0.15) is 11.1 Å². The third-order valence-corrected chi connectivity index (χ3v) is 16.6. The zero-order chi connectivity index (χ0) is 61.8. The van der Waals surface area contributed by atoms with Crippen LogP contribution in [-0.4, -0.2) is 113 Å². The number of fused-ring (bicyclic) bond motifs is 1. The molecule has 34 nitrogen and oxygen atoms in total. The Morgan fingerprint density at radius 1 is 0.429 bits per heavy atom. The molecule has 84 heavy (non-hydrogen) atoms. The predicted molar refractivity (Wildman–Crippen MR) is 295 cm³/mol. The smallest absolute Gasteiger partial charge is 0.296 e. The van der Waals surface area contributed by atoms with Gasteiger partial charge in [0.05, 0.1) is 20.9 Å². The number of aromatic nitrogens is 6. The van der Waals surface area contributed by atoms with Crippen molar-refractivity contribution in [1.29, 1.82) is 0 Å². The number of nitrogens with zero attached hydrogens (tertiary/aromatic N) is 10. The van der Waals surface area contributed by atoms with Crippen LogP contribution in [0.25, 0.3) is 10.8 Å². The number of anilines is 9. The first-order chi connectivity index (χ1) is 38.8. The van der Waals surface area contributed by atoms with Crippen LogP contribution in [0.5, 0.6) is 5.75 Å². The van der Waals surface area contributed by atoms with Crippen molar-refractivity contribution >= 4 is 170 Å². The van der Waals surface area contributed by atoms with Gasteiger partial charge in [0.1, 0.15) is 42.3 Å². The highest BCUT2D eigenvalue weighted by Gasteiger charge is 2.29. The topological polar surface area (TPSA) is 547 Å². The molecule has 13 N–H and O–H groups in total. The maximum Gasteiger partial charge on any atom is 0.296 e. The molecular formula is C42H33Cl2N15O19S6. The van der Waals surface area contributed by atoms with Gasteiger partial charge in [0.2, 0.25) is 34.4 Å². The van der Waals surface area contributed by atoms with Gasteiger partial charge in [-0.15, -0.1) is 20.5 Å². The lowest BCUT2D eigenvalue weighted by molar-refractivity contribution is 0.472. The first-order valence-electron chi connectivity index (χ1n) is 22.0. The fourth-order valence-electron chi connectivity index (χ4n) is 7.29. The third kappa shape index (κ3) is 14.2. The lowest BCUT2D eigenvalue weighted by Crippen LogP contribution is -2.06. The first kappa shape index (κ1) is 61.7. The number of aromatic hydroxyl groups is 1. The largest absolute Gasteiger partial charge is 0.505 e. The molecule has 0 radical (unpaired) electrons. The molecule has 0 saturated heterocycles. The van der Waals surface area contributed by atoms with Crippen molar-refractivity contribution in [1.82, 2.24) is 29.9 Å². The normalized spacial score (nSPS) is 12.7. The lowest BCUT2D eigenvalue weighted by Gasteiger charge is -2.14. The molecule has 0 bridgehead atoms. The summed E-state index contributed by atoms with van der Waals surface area (Å²) in [6, 6.07) is 13.5. The molecule has 0 aliphatic heterocycles. The maximum absolute atomic E-state index is 12.8. The molecule has 6 aromatic carbocycles. The van der Waals surface area contributed by atoms with Crippen LogP contribution in [0.2, 0.25) is 10.6 Å². The van der Waals surface area contributed by atoms with Crippen molar-refractivity contribution in [2.75, 3.05) is 27.0 Å². The summed E-state index contributed by atoms with van der Waals surface area (Å²) in [5.74, 6) is -2.70. The van der Waals surface area contributed by atoms with Gasteiger partial charge in [-0.3, -0.25) is 27.3 Å². The first-order valence-corrected chi connectivity index (χ1v) is 31.4. The quantitative estimate of drug-likeness (QED) is 0.0222. The average molecular weight is 1320 g/mol. The van der Waals surface area contributed by atoms with Gasteiger partial charge >= 0.3 is 0 Å². The number of phenolic OH excluding ortho intramolecular Hbond substituents is 1. The second-order valence-electron chi connectivity index (χ2n) is 16.9. The van der Waals surface area contributed by atoms with Gasteiger partial charge < -0.3 is 32.1 Å². The minimum atomic E-state index is -5.55. The van der Waals surface area contributed by atoms with Gasteiger partial charge in [-0.2, -0.15) is 80.4 Å². The Bertz CT molecular complexity index is 4600. The number of nitrogens with two attached hydrogens (primary N) is 1. The molecule has 0 unspecified atom stereocenters. The fraction of sp³-hybridized carbons (Fsp3) is 0.0476. The van der Waals surface area contributed by atoms with Crippen LogP contribution < -0.4 is 27.0 Å². The number of rotatable bonds is 18. The second-order valence-corrected chi connectivity index (χ2v) is 26.0. The summed E-state index contributed by atoms with van der Waals surface area (Å²) in [7, 11) is -31.0. The number of azo groups is 2. The van der Waals surface area contributed by atoms with E-state index in [0.717, 1.165) is 60.7 Å². The number of hydrogen-bond acceptors (Lipinski definition) is 28. The van der Waals surface area contributed by atoms with E-state index in [1.54, 1.807) is 13.8 Å². The molecular weight excluding hydrogens is 1280 g/mol. The van der Waals surface area contributed by atoms with Crippen LogP contribution in [0.15, 0.2) is 135 Å². The van der Waals surface area contributed by atoms with Crippen molar-refractivity contribution in [3.05, 3.63) is 107 Å². The Hall–Kier alpha value is -8.36. The number of aryl methyl sites for hydroxylation is 2. The molecule has 0 aliphatic rings. The third-order valence-electron chi connectivity index (χ3n) is 11.1. The molecule has 0 aliphatic carbocycles. The molecule has 8 rings (SSSR count). The standard InChI is InChI=1S/C42H33Cl2N15O19S6/c1-17-3-7-22(79(61,62)63)15-26(17)48-41-52-37(43)50-39(54-41)46-20-5-9-24(28(13-20)81(67,68)69)56-58-34-30(83(73,74)75)11-19-12-31(84(76,77)78)35(36(60)32(19)33(34)45)59-57-25-10-6-21(14-29(25)82(70,71)72)47-40-51-38(44)53-42(55-40)49-27-16-23(80(64,65)66)8-4-18(27)2/h3-16,60H,45H2,1-2H3,(H,61,62,63)(H,64,65,66)(H,67,68,69)(H,70,71,72)(H,73,74,75)(H,76,77,78)(H2,46,48,50,52,54)(H2,47,49,51,53,55). The number of benzene rings is 6. The van der Waals surface area contributed by atoms with Gasteiger partial charge in [-0.1, -0.05) is 12.1 Å². The summed E-state index contributed by atoms with van der Waals surface area (Å²) in [6.07, 6.45) is 0. The molecule has 440 valence electrons. The molecule has 0 saturated carbocycles. The predicted octanol–water partition coefficient (Wildman–Crippen LogP) is 7.71. The Morgan fingerprint density at radius 2 is 0.786 bits per heavy atom. The molecule has 0 amide bonds. The van der Waals surface area contributed by atoms with Crippen LogP contribution >= 0.6 is 23.2 Å². The Balaban J connectivity index is 1.14. The molecule has 8 aromatic rings. The van der Waals surface area contributed by atoms with Gasteiger partial charge in [-0.25, -0.2) is 0 Å². The van der Waals surface area contributed by atoms with Crippen molar-refractivity contribution in [3.63, 3.8) is 0 Å². The number of phenols is 1. The fourth-order valence-corrected chi connectivity index (χ4v) is 11.3. The number of halogens is 2. The summed E-state index contributed by atoms with van der Waals surface area (Å²) in [5.41, 5.74) is 2.15. The number of nitrogen functional groups attached to an aromatic ring is 1. The van der Waals surface area contributed by atoms with Crippen molar-refractivity contribution < 1.29 is 82.9 Å². The molecule has 0 spiro atoms. The minimum absolute atomic E-state index is 0.0978. The van der Waals surface area contributed by atoms with E-state index < -0.39 is 146 Å². The van der Waals surface area contributed by atoms with Gasteiger partial charge in [-0.05, 0) is 126 Å². The van der Waals surface area contributed by atoms with E-state index in [0.29, 0.717) is 23.3 Å². The van der Waals surface area contributed by atoms with E-state index in [4.69, 9.17) is 28.9 Å². The highest BCUT2D eigenvalue weighted by Crippen LogP contribution is 2.49. The Morgan fingerprint density at radius 3 is 1.15 bits per heavy atom. The van der Waals surface area contributed by atoms with Gasteiger partial charge in [0.15, 0.2) is 5.75 Å².